The van der Waals surface area contributed by atoms with Crippen molar-refractivity contribution in [1.82, 2.24) is 14.8 Å². The van der Waals surface area contributed by atoms with Gasteiger partial charge in [0.25, 0.3) is 0 Å². The first-order valence-electron chi connectivity index (χ1n) is 8.13. The van der Waals surface area contributed by atoms with Crippen molar-refractivity contribution < 1.29 is 9.53 Å². The van der Waals surface area contributed by atoms with Gasteiger partial charge in [-0.05, 0) is 17.7 Å². The van der Waals surface area contributed by atoms with Crippen molar-refractivity contribution in [2.45, 2.75) is 13.5 Å². The predicted molar refractivity (Wildman–Crippen MR) is 95.3 cm³/mol. The minimum Gasteiger partial charge on any atom is -0.493 e. The van der Waals surface area contributed by atoms with Crippen LogP contribution in [0, 0.1) is 5.92 Å². The van der Waals surface area contributed by atoms with Crippen molar-refractivity contribution in [3.8, 4) is 5.75 Å². The number of para-hydroxylation sites is 1. The molecule has 6 nitrogen and oxygen atoms in total. The number of hydrogen-bond acceptors (Lipinski definition) is 4. The highest BCUT2D eigenvalue weighted by Crippen LogP contribution is 2.12. The lowest BCUT2D eigenvalue weighted by Crippen LogP contribution is -2.27. The number of rotatable bonds is 7. The fraction of sp³-hybridized carbons (Fsp3) is 0.211. The summed E-state index contributed by atoms with van der Waals surface area (Å²) in [6, 6.07) is 19.4. The molecule has 0 radical (unpaired) electrons. The van der Waals surface area contributed by atoms with Crippen LogP contribution in [-0.2, 0) is 11.3 Å². The lowest BCUT2D eigenvalue weighted by molar-refractivity contribution is -0.120. The van der Waals surface area contributed by atoms with Crippen LogP contribution in [0.5, 0.6) is 5.75 Å². The van der Waals surface area contributed by atoms with Gasteiger partial charge in [0.1, 0.15) is 12.1 Å². The summed E-state index contributed by atoms with van der Waals surface area (Å²) >= 11 is 0. The third kappa shape index (κ3) is 4.67. The van der Waals surface area contributed by atoms with E-state index >= 15 is 0 Å². The van der Waals surface area contributed by atoms with Crippen LogP contribution in [0.1, 0.15) is 12.5 Å². The van der Waals surface area contributed by atoms with E-state index in [1.54, 1.807) is 10.9 Å². The first-order valence-corrected chi connectivity index (χ1v) is 8.13. The molecule has 1 atom stereocenters. The van der Waals surface area contributed by atoms with Gasteiger partial charge in [-0.2, -0.15) is 0 Å². The number of nitrogens with zero attached hydrogens (tertiary/aromatic N) is 3. The van der Waals surface area contributed by atoms with Crippen LogP contribution in [0.3, 0.4) is 0 Å². The average Bonchev–Trinajstić information content (AvgIpc) is 3.08. The van der Waals surface area contributed by atoms with E-state index in [-0.39, 0.29) is 11.8 Å². The zero-order valence-electron chi connectivity index (χ0n) is 14.0. The fourth-order valence-corrected chi connectivity index (χ4v) is 2.29. The van der Waals surface area contributed by atoms with Gasteiger partial charge in [0.15, 0.2) is 0 Å². The Labute approximate surface area is 146 Å². The molecular formula is C19H20N4O2. The molecule has 0 fully saturated rings. The Hall–Kier alpha value is -3.15. The van der Waals surface area contributed by atoms with E-state index in [4.69, 9.17) is 4.74 Å². The molecule has 1 N–H and O–H groups in total. The van der Waals surface area contributed by atoms with Crippen molar-refractivity contribution >= 4 is 11.9 Å². The van der Waals surface area contributed by atoms with Gasteiger partial charge >= 0.3 is 0 Å². The molecule has 0 saturated heterocycles. The first kappa shape index (κ1) is 16.7. The van der Waals surface area contributed by atoms with E-state index < -0.39 is 0 Å². The Morgan fingerprint density at radius 3 is 2.52 bits per heavy atom. The van der Waals surface area contributed by atoms with Gasteiger partial charge in [0, 0.05) is 0 Å². The van der Waals surface area contributed by atoms with E-state index in [0.29, 0.717) is 19.1 Å². The van der Waals surface area contributed by atoms with Gasteiger partial charge in [-0.3, -0.25) is 14.7 Å². The first-order chi connectivity index (χ1) is 12.2. The van der Waals surface area contributed by atoms with E-state index in [2.05, 4.69) is 15.5 Å². The molecule has 128 valence electrons. The van der Waals surface area contributed by atoms with Crippen LogP contribution in [0.15, 0.2) is 67.0 Å². The Morgan fingerprint density at radius 2 is 1.80 bits per heavy atom. The van der Waals surface area contributed by atoms with Crippen LogP contribution in [0.4, 0.5) is 5.95 Å². The van der Waals surface area contributed by atoms with Gasteiger partial charge in [-0.15, -0.1) is 10.2 Å². The van der Waals surface area contributed by atoms with Gasteiger partial charge in [-0.1, -0.05) is 55.5 Å². The Kier molecular flexibility index (Phi) is 5.41. The number of hydrogen-bond donors (Lipinski definition) is 1. The maximum absolute atomic E-state index is 12.4. The molecule has 0 aliphatic rings. The van der Waals surface area contributed by atoms with E-state index in [9.17, 15) is 4.79 Å². The second-order valence-corrected chi connectivity index (χ2v) is 5.78. The number of carbonyl (C=O) groups excluding carboxylic acids is 1. The lowest BCUT2D eigenvalue weighted by Gasteiger charge is -2.13. The number of ether oxygens (including phenoxy) is 1. The third-order valence-corrected chi connectivity index (χ3v) is 3.74. The van der Waals surface area contributed by atoms with Gasteiger partial charge in [0.2, 0.25) is 11.9 Å². The van der Waals surface area contributed by atoms with Crippen LogP contribution in [0.25, 0.3) is 0 Å². The summed E-state index contributed by atoms with van der Waals surface area (Å²) in [6.45, 7) is 2.71. The highest BCUT2D eigenvalue weighted by Gasteiger charge is 2.16. The van der Waals surface area contributed by atoms with Crippen LogP contribution in [0.2, 0.25) is 0 Å². The second kappa shape index (κ2) is 8.10. The predicted octanol–water partition coefficient (Wildman–Crippen LogP) is 2.98. The standard InChI is InChI=1S/C19H20N4O2/c1-15(13-25-17-10-6-3-7-11-17)18(24)21-19-22-20-14-23(19)12-16-8-4-2-5-9-16/h2-11,14-15H,12-13H2,1H3,(H,21,22,24)/t15-/m0/s1. The monoisotopic (exact) mass is 336 g/mol. The van der Waals surface area contributed by atoms with Crippen molar-refractivity contribution in [1.29, 1.82) is 0 Å². The third-order valence-electron chi connectivity index (χ3n) is 3.74. The highest BCUT2D eigenvalue weighted by atomic mass is 16.5. The number of anilines is 1. The van der Waals surface area contributed by atoms with Gasteiger partial charge < -0.3 is 4.74 Å². The van der Waals surface area contributed by atoms with Crippen LogP contribution >= 0.6 is 0 Å². The molecule has 0 aliphatic heterocycles. The Balaban J connectivity index is 1.57. The maximum Gasteiger partial charge on any atom is 0.232 e. The summed E-state index contributed by atoms with van der Waals surface area (Å²) in [4.78, 5) is 12.4. The summed E-state index contributed by atoms with van der Waals surface area (Å²) in [5, 5.41) is 10.7. The molecule has 0 bridgehead atoms. The molecule has 0 aliphatic carbocycles. The molecule has 6 heteroatoms. The summed E-state index contributed by atoms with van der Waals surface area (Å²) < 4.78 is 7.43. The Bertz CT molecular complexity index is 803. The fourth-order valence-electron chi connectivity index (χ4n) is 2.29. The molecule has 3 rings (SSSR count). The van der Waals surface area contributed by atoms with Crippen LogP contribution < -0.4 is 10.1 Å². The SMILES string of the molecule is C[C@@H](COc1ccccc1)C(=O)Nc1nncn1Cc1ccccc1. The number of carbonyl (C=O) groups is 1. The number of benzene rings is 2. The number of aromatic nitrogens is 3. The molecule has 1 aromatic heterocycles. The Morgan fingerprint density at radius 1 is 1.12 bits per heavy atom. The lowest BCUT2D eigenvalue weighted by atomic mass is 10.2. The number of amides is 1. The van der Waals surface area contributed by atoms with Gasteiger partial charge in [-0.25, -0.2) is 0 Å². The van der Waals surface area contributed by atoms with Crippen LogP contribution in [-0.4, -0.2) is 27.3 Å². The molecule has 0 spiro atoms. The minimum absolute atomic E-state index is 0.154. The molecule has 2 aromatic carbocycles. The quantitative estimate of drug-likeness (QED) is 0.720. The van der Waals surface area contributed by atoms with Crippen molar-refractivity contribution in [3.63, 3.8) is 0 Å². The zero-order chi connectivity index (χ0) is 17.5. The molecule has 1 heterocycles. The summed E-state index contributed by atoms with van der Waals surface area (Å²) in [7, 11) is 0. The van der Waals surface area contributed by atoms with Crippen molar-refractivity contribution in [3.05, 3.63) is 72.6 Å². The molecule has 0 unspecified atom stereocenters. The summed E-state index contributed by atoms with van der Waals surface area (Å²) in [5.74, 6) is 0.704. The van der Waals surface area contributed by atoms with E-state index in [1.165, 1.54) is 0 Å². The van der Waals surface area contributed by atoms with Crippen molar-refractivity contribution in [2.24, 2.45) is 5.92 Å². The van der Waals surface area contributed by atoms with E-state index in [0.717, 1.165) is 11.3 Å². The molecule has 0 saturated carbocycles. The second-order valence-electron chi connectivity index (χ2n) is 5.78. The minimum atomic E-state index is -0.318. The van der Waals surface area contributed by atoms with E-state index in [1.807, 2.05) is 67.6 Å². The largest absolute Gasteiger partial charge is 0.493 e. The molecule has 25 heavy (non-hydrogen) atoms. The number of nitrogens with one attached hydrogen (secondary N) is 1. The summed E-state index contributed by atoms with van der Waals surface area (Å²) in [6.07, 6.45) is 1.60. The topological polar surface area (TPSA) is 69.0 Å². The molecular weight excluding hydrogens is 316 g/mol. The zero-order valence-corrected chi connectivity index (χ0v) is 14.0. The molecule has 3 aromatic rings. The van der Waals surface area contributed by atoms with Gasteiger partial charge in [0.05, 0.1) is 19.1 Å². The molecule has 1 amide bonds. The smallest absolute Gasteiger partial charge is 0.232 e. The average molecular weight is 336 g/mol. The normalized spacial score (nSPS) is 11.7. The summed E-state index contributed by atoms with van der Waals surface area (Å²) in [5.41, 5.74) is 1.11. The maximum atomic E-state index is 12.4. The van der Waals surface area contributed by atoms with Crippen molar-refractivity contribution in [2.75, 3.05) is 11.9 Å². The highest BCUT2D eigenvalue weighted by molar-refractivity contribution is 5.90.